The van der Waals surface area contributed by atoms with Crippen LogP contribution in [-0.2, 0) is 23.7 Å². The van der Waals surface area contributed by atoms with Crippen LogP contribution in [0.2, 0.25) is 0 Å². The quantitative estimate of drug-likeness (QED) is 0.155. The standard InChI is InChI=1S/C32H41N3O4/c1-34-26-18-13-11-16-24(26)22-28(34)31-32(25-17-12-14-19-27(25)35(31)2)39-23-29(36)33-21-15-9-7-5-3-4-6-8-10-20-30(37)38/h11-14,16-19,22H,3-10,15,20-21,23H2,1-2H3,(H,33,36)(H,37,38). The SMILES string of the molecule is Cn1c(-c2c(OCC(=O)NCCCCCCCCCCCC(=O)O)c3ccccc3n2C)cc2ccccc21. The van der Waals surface area contributed by atoms with Crippen molar-refractivity contribution in [1.29, 1.82) is 0 Å². The van der Waals surface area contributed by atoms with Crippen LogP contribution in [0.1, 0.15) is 64.2 Å². The van der Waals surface area contributed by atoms with Gasteiger partial charge in [-0.25, -0.2) is 0 Å². The minimum Gasteiger partial charge on any atom is -0.481 e. The molecule has 2 N–H and O–H groups in total. The lowest BCUT2D eigenvalue weighted by Crippen LogP contribution is -2.29. The largest absolute Gasteiger partial charge is 0.481 e. The number of unbranched alkanes of at least 4 members (excludes halogenated alkanes) is 8. The zero-order valence-corrected chi connectivity index (χ0v) is 23.2. The first-order valence-electron chi connectivity index (χ1n) is 14.2. The Hall–Kier alpha value is -3.74. The van der Waals surface area contributed by atoms with Crippen molar-refractivity contribution in [3.8, 4) is 17.1 Å². The van der Waals surface area contributed by atoms with Gasteiger partial charge in [-0.15, -0.1) is 0 Å². The number of rotatable bonds is 16. The number of para-hydroxylation sites is 2. The molecule has 0 aliphatic heterocycles. The molecule has 0 aliphatic rings. The fourth-order valence-electron chi connectivity index (χ4n) is 5.36. The maximum absolute atomic E-state index is 12.6. The van der Waals surface area contributed by atoms with Crippen LogP contribution in [0.25, 0.3) is 33.2 Å². The van der Waals surface area contributed by atoms with Gasteiger partial charge < -0.3 is 24.3 Å². The number of aryl methyl sites for hydroxylation is 2. The highest BCUT2D eigenvalue weighted by Gasteiger charge is 2.22. The van der Waals surface area contributed by atoms with Crippen molar-refractivity contribution in [3.05, 3.63) is 54.6 Å². The van der Waals surface area contributed by atoms with Crippen LogP contribution < -0.4 is 10.1 Å². The van der Waals surface area contributed by atoms with Crippen molar-refractivity contribution >= 4 is 33.7 Å². The molecular formula is C32H41N3O4. The van der Waals surface area contributed by atoms with Gasteiger partial charge in [-0.1, -0.05) is 75.3 Å². The molecule has 7 nitrogen and oxygen atoms in total. The van der Waals surface area contributed by atoms with Crippen LogP contribution in [0.15, 0.2) is 54.6 Å². The van der Waals surface area contributed by atoms with Gasteiger partial charge in [0.2, 0.25) is 0 Å². The Morgan fingerprint density at radius 1 is 0.795 bits per heavy atom. The van der Waals surface area contributed by atoms with Crippen molar-refractivity contribution in [2.75, 3.05) is 13.2 Å². The number of carboxylic acid groups (broad SMARTS) is 1. The maximum Gasteiger partial charge on any atom is 0.303 e. The summed E-state index contributed by atoms with van der Waals surface area (Å²) in [6, 6.07) is 18.6. The Morgan fingerprint density at radius 3 is 2.10 bits per heavy atom. The van der Waals surface area contributed by atoms with E-state index in [1.54, 1.807) is 0 Å². The van der Waals surface area contributed by atoms with Gasteiger partial charge in [0.1, 0.15) is 5.69 Å². The molecule has 0 unspecified atom stereocenters. The first kappa shape index (κ1) is 28.3. The molecule has 2 aromatic heterocycles. The van der Waals surface area contributed by atoms with Crippen LogP contribution in [0.5, 0.6) is 5.75 Å². The number of aliphatic carboxylic acids is 1. The summed E-state index contributed by atoms with van der Waals surface area (Å²) in [6.45, 7) is 0.635. The zero-order chi connectivity index (χ0) is 27.6. The second-order valence-corrected chi connectivity index (χ2v) is 10.4. The Labute approximate surface area is 230 Å². The molecule has 0 radical (unpaired) electrons. The summed E-state index contributed by atoms with van der Waals surface area (Å²) in [5, 5.41) is 13.8. The minimum absolute atomic E-state index is 0.0210. The average Bonchev–Trinajstić information content (AvgIpc) is 3.41. The van der Waals surface area contributed by atoms with Crippen LogP contribution in [0, 0.1) is 0 Å². The van der Waals surface area contributed by atoms with E-state index in [0.717, 1.165) is 72.1 Å². The average molecular weight is 532 g/mol. The molecule has 0 aliphatic carbocycles. The highest BCUT2D eigenvalue weighted by molar-refractivity contribution is 5.97. The first-order chi connectivity index (χ1) is 19.0. The fraction of sp³-hybridized carbons (Fsp3) is 0.438. The van der Waals surface area contributed by atoms with Gasteiger partial charge in [-0.3, -0.25) is 9.59 Å². The number of fused-ring (bicyclic) bond motifs is 2. The molecule has 0 saturated heterocycles. The second-order valence-electron chi connectivity index (χ2n) is 10.4. The van der Waals surface area contributed by atoms with Gasteiger partial charge >= 0.3 is 5.97 Å². The highest BCUT2D eigenvalue weighted by Crippen LogP contribution is 2.41. The van der Waals surface area contributed by atoms with Crippen molar-refractivity contribution in [2.45, 2.75) is 64.2 Å². The summed E-state index contributed by atoms with van der Waals surface area (Å²) in [6.07, 6.45) is 9.94. The zero-order valence-electron chi connectivity index (χ0n) is 23.2. The molecule has 0 bridgehead atoms. The third-order valence-electron chi connectivity index (χ3n) is 7.49. The lowest BCUT2D eigenvalue weighted by molar-refractivity contribution is -0.137. The predicted molar refractivity (Wildman–Crippen MR) is 157 cm³/mol. The number of hydrogen-bond donors (Lipinski definition) is 2. The third-order valence-corrected chi connectivity index (χ3v) is 7.49. The fourth-order valence-corrected chi connectivity index (χ4v) is 5.36. The van der Waals surface area contributed by atoms with E-state index >= 15 is 0 Å². The molecular weight excluding hydrogens is 490 g/mol. The van der Waals surface area contributed by atoms with Gasteiger partial charge in [0, 0.05) is 43.4 Å². The number of aromatic nitrogens is 2. The number of amides is 1. The van der Waals surface area contributed by atoms with Crippen LogP contribution in [0.3, 0.4) is 0 Å². The number of carbonyl (C=O) groups excluding carboxylic acids is 1. The van der Waals surface area contributed by atoms with Crippen molar-refractivity contribution in [1.82, 2.24) is 14.5 Å². The van der Waals surface area contributed by atoms with E-state index in [2.05, 4.69) is 45.8 Å². The lowest BCUT2D eigenvalue weighted by atomic mass is 10.1. The third kappa shape index (κ3) is 7.22. The summed E-state index contributed by atoms with van der Waals surface area (Å²) in [5.41, 5.74) is 4.22. The molecule has 39 heavy (non-hydrogen) atoms. The van der Waals surface area contributed by atoms with E-state index < -0.39 is 5.97 Å². The molecule has 2 aromatic carbocycles. The van der Waals surface area contributed by atoms with E-state index in [4.69, 9.17) is 9.84 Å². The van der Waals surface area contributed by atoms with Crippen LogP contribution in [0.4, 0.5) is 0 Å². The molecule has 0 fully saturated rings. The van der Waals surface area contributed by atoms with Gasteiger partial charge in [0.05, 0.1) is 11.2 Å². The lowest BCUT2D eigenvalue weighted by Gasteiger charge is -2.12. The van der Waals surface area contributed by atoms with Crippen molar-refractivity contribution < 1.29 is 19.4 Å². The van der Waals surface area contributed by atoms with E-state index in [1.807, 2.05) is 37.4 Å². The molecule has 4 aromatic rings. The number of hydrogen-bond acceptors (Lipinski definition) is 3. The Morgan fingerprint density at radius 2 is 1.41 bits per heavy atom. The summed E-state index contributed by atoms with van der Waals surface area (Å²) in [7, 11) is 4.11. The van der Waals surface area contributed by atoms with Crippen molar-refractivity contribution in [2.24, 2.45) is 14.1 Å². The Bertz CT molecular complexity index is 1400. The normalized spacial score (nSPS) is 11.3. The van der Waals surface area contributed by atoms with E-state index in [0.29, 0.717) is 6.54 Å². The van der Waals surface area contributed by atoms with Crippen LogP contribution >= 0.6 is 0 Å². The first-order valence-corrected chi connectivity index (χ1v) is 14.2. The molecule has 2 heterocycles. The number of benzene rings is 2. The van der Waals surface area contributed by atoms with E-state index in [1.165, 1.54) is 24.6 Å². The molecule has 208 valence electrons. The smallest absolute Gasteiger partial charge is 0.303 e. The monoisotopic (exact) mass is 531 g/mol. The molecule has 7 heteroatoms. The maximum atomic E-state index is 12.6. The molecule has 0 spiro atoms. The summed E-state index contributed by atoms with van der Waals surface area (Å²) < 4.78 is 10.5. The number of ether oxygens (including phenoxy) is 1. The minimum atomic E-state index is -0.701. The molecule has 0 saturated carbocycles. The summed E-state index contributed by atoms with van der Waals surface area (Å²) >= 11 is 0. The van der Waals surface area contributed by atoms with Crippen LogP contribution in [-0.4, -0.2) is 39.3 Å². The highest BCUT2D eigenvalue weighted by atomic mass is 16.5. The second kappa shape index (κ2) is 13.9. The number of carbonyl (C=O) groups is 2. The summed E-state index contributed by atoms with van der Waals surface area (Å²) in [4.78, 5) is 23.2. The van der Waals surface area contributed by atoms with Gasteiger partial charge in [0.25, 0.3) is 5.91 Å². The predicted octanol–water partition coefficient (Wildman–Crippen LogP) is 6.82. The Balaban J connectivity index is 1.26. The molecule has 1 amide bonds. The van der Waals surface area contributed by atoms with Crippen molar-refractivity contribution in [3.63, 3.8) is 0 Å². The van der Waals surface area contributed by atoms with E-state index in [9.17, 15) is 9.59 Å². The van der Waals surface area contributed by atoms with Gasteiger partial charge in [-0.2, -0.15) is 0 Å². The number of carboxylic acids is 1. The molecule has 0 atom stereocenters. The number of nitrogens with zero attached hydrogens (tertiary/aromatic N) is 2. The topological polar surface area (TPSA) is 85.5 Å². The number of nitrogens with one attached hydrogen (secondary N) is 1. The Kier molecular flexibility index (Phi) is 10.1. The molecule has 4 rings (SSSR count). The summed E-state index contributed by atoms with van der Waals surface area (Å²) in [5.74, 6) is -0.0720. The van der Waals surface area contributed by atoms with E-state index in [-0.39, 0.29) is 18.9 Å². The van der Waals surface area contributed by atoms with Gasteiger partial charge in [0.15, 0.2) is 12.4 Å². The van der Waals surface area contributed by atoms with Gasteiger partial charge in [-0.05, 0) is 37.1 Å².